The summed E-state index contributed by atoms with van der Waals surface area (Å²) in [5, 5.41) is 3.18. The molecule has 0 radical (unpaired) electrons. The first kappa shape index (κ1) is 18.1. The predicted molar refractivity (Wildman–Crippen MR) is 83.2 cm³/mol. The van der Waals surface area contributed by atoms with Crippen LogP contribution in [0, 0.1) is 5.92 Å². The Balaban J connectivity index is 0.00000192. The van der Waals surface area contributed by atoms with Crippen molar-refractivity contribution in [1.82, 2.24) is 10.2 Å². The summed E-state index contributed by atoms with van der Waals surface area (Å²) in [4.78, 5) is 14.4. The number of carbonyl (C=O) groups is 1. The summed E-state index contributed by atoms with van der Waals surface area (Å²) < 4.78 is 37.7. The molecule has 7 heteroatoms. The zero-order chi connectivity index (χ0) is 15.7. The van der Waals surface area contributed by atoms with Gasteiger partial charge in [-0.3, -0.25) is 4.79 Å². The number of hydrogen-bond donors (Lipinski definition) is 1. The van der Waals surface area contributed by atoms with Crippen molar-refractivity contribution in [3.05, 3.63) is 35.4 Å². The van der Waals surface area contributed by atoms with Crippen LogP contribution < -0.4 is 5.32 Å². The van der Waals surface area contributed by atoms with E-state index in [4.69, 9.17) is 0 Å². The van der Waals surface area contributed by atoms with Crippen molar-refractivity contribution in [3.63, 3.8) is 0 Å². The molecule has 3 rings (SSSR count). The van der Waals surface area contributed by atoms with Crippen LogP contribution in [0.15, 0.2) is 24.3 Å². The van der Waals surface area contributed by atoms with Gasteiger partial charge in [-0.1, -0.05) is 12.1 Å². The van der Waals surface area contributed by atoms with E-state index in [0.29, 0.717) is 13.1 Å². The number of alkyl halides is 3. The molecule has 2 aliphatic rings. The molecule has 128 valence electrons. The third kappa shape index (κ3) is 4.38. The van der Waals surface area contributed by atoms with Gasteiger partial charge >= 0.3 is 6.18 Å². The fourth-order valence-electron chi connectivity index (χ4n) is 2.87. The highest BCUT2D eigenvalue weighted by molar-refractivity contribution is 5.85. The monoisotopic (exact) mass is 348 g/mol. The Hall–Kier alpha value is -1.27. The molecular formula is C16H20ClF3N2O. The highest BCUT2D eigenvalue weighted by Gasteiger charge is 2.37. The lowest BCUT2D eigenvalue weighted by Crippen LogP contribution is -2.38. The molecule has 1 saturated carbocycles. The Labute approximate surface area is 139 Å². The molecule has 0 spiro atoms. The van der Waals surface area contributed by atoms with E-state index >= 15 is 0 Å². The van der Waals surface area contributed by atoms with Crippen LogP contribution in [-0.2, 0) is 17.5 Å². The second-order valence-corrected chi connectivity index (χ2v) is 6.08. The Morgan fingerprint density at radius 3 is 2.30 bits per heavy atom. The molecule has 1 N–H and O–H groups in total. The molecule has 1 saturated heterocycles. The van der Waals surface area contributed by atoms with E-state index in [1.807, 2.05) is 4.90 Å². The molecule has 23 heavy (non-hydrogen) atoms. The topological polar surface area (TPSA) is 32.3 Å². The largest absolute Gasteiger partial charge is 0.416 e. The minimum atomic E-state index is -4.32. The van der Waals surface area contributed by atoms with E-state index in [2.05, 4.69) is 5.32 Å². The van der Waals surface area contributed by atoms with Crippen LogP contribution in [0.25, 0.3) is 0 Å². The van der Waals surface area contributed by atoms with Crippen molar-refractivity contribution < 1.29 is 18.0 Å². The molecule has 1 atom stereocenters. The molecule has 1 aromatic carbocycles. The van der Waals surface area contributed by atoms with Crippen LogP contribution in [0.4, 0.5) is 13.2 Å². The van der Waals surface area contributed by atoms with Gasteiger partial charge in [0.2, 0.25) is 5.91 Å². The van der Waals surface area contributed by atoms with Crippen molar-refractivity contribution in [1.29, 1.82) is 0 Å². The smallest absolute Gasteiger partial charge is 0.335 e. The average molecular weight is 349 g/mol. The second-order valence-electron chi connectivity index (χ2n) is 6.08. The molecule has 1 aliphatic heterocycles. The fourth-order valence-corrected chi connectivity index (χ4v) is 2.87. The van der Waals surface area contributed by atoms with E-state index in [-0.39, 0.29) is 30.3 Å². The molecule has 1 amide bonds. The molecule has 1 aromatic rings. The number of benzene rings is 1. The molecule has 2 fully saturated rings. The molecule has 1 aliphatic carbocycles. The second kappa shape index (κ2) is 7.09. The van der Waals surface area contributed by atoms with E-state index in [0.717, 1.165) is 43.5 Å². The molecule has 3 nitrogen and oxygen atoms in total. The van der Waals surface area contributed by atoms with Crippen LogP contribution in [0.3, 0.4) is 0 Å². The number of rotatable bonds is 4. The number of carbonyl (C=O) groups excluding carboxylic acids is 1. The van der Waals surface area contributed by atoms with Crippen molar-refractivity contribution in [3.8, 4) is 0 Å². The van der Waals surface area contributed by atoms with Gasteiger partial charge in [0.05, 0.1) is 11.5 Å². The Morgan fingerprint density at radius 1 is 1.17 bits per heavy atom. The molecule has 0 aromatic heterocycles. The summed E-state index contributed by atoms with van der Waals surface area (Å²) in [5.41, 5.74) is 0.0970. The maximum Gasteiger partial charge on any atom is 0.416 e. The maximum absolute atomic E-state index is 12.6. The fraction of sp³-hybridized carbons (Fsp3) is 0.562. The standard InChI is InChI=1S/C16H19F3N2O.ClH/c17-16(18,19)13-3-1-11(2-4-13)10-21(14-5-6-14)15(22)12-7-8-20-9-12;/h1-4,12,14,20H,5-10H2;1H. The first-order chi connectivity index (χ1) is 10.4. The van der Waals surface area contributed by atoms with Gasteiger partial charge in [0.1, 0.15) is 0 Å². The van der Waals surface area contributed by atoms with Gasteiger partial charge < -0.3 is 10.2 Å². The van der Waals surface area contributed by atoms with Crippen molar-refractivity contribution in [2.45, 2.75) is 38.0 Å². The zero-order valence-electron chi connectivity index (χ0n) is 12.6. The van der Waals surface area contributed by atoms with Gasteiger partial charge in [0.25, 0.3) is 0 Å². The normalized spacial score (nSPS) is 20.9. The first-order valence-corrected chi connectivity index (χ1v) is 7.62. The lowest BCUT2D eigenvalue weighted by atomic mass is 10.1. The summed E-state index contributed by atoms with van der Waals surface area (Å²) in [6.45, 7) is 1.96. The molecular weight excluding hydrogens is 329 g/mol. The Kier molecular flexibility index (Phi) is 5.57. The van der Waals surface area contributed by atoms with Crippen LogP contribution in [0.2, 0.25) is 0 Å². The predicted octanol–water partition coefficient (Wildman–Crippen LogP) is 3.23. The van der Waals surface area contributed by atoms with Crippen molar-refractivity contribution >= 4 is 18.3 Å². The SMILES string of the molecule is Cl.O=C(C1CCNC1)N(Cc1ccc(C(F)(F)F)cc1)C1CC1. The third-order valence-corrected chi connectivity index (χ3v) is 4.31. The number of amides is 1. The van der Waals surface area contributed by atoms with Gasteiger partial charge in [-0.25, -0.2) is 0 Å². The number of nitrogens with zero attached hydrogens (tertiary/aromatic N) is 1. The Bertz CT molecular complexity index is 537. The quantitative estimate of drug-likeness (QED) is 0.906. The van der Waals surface area contributed by atoms with E-state index < -0.39 is 11.7 Å². The van der Waals surface area contributed by atoms with Crippen LogP contribution >= 0.6 is 12.4 Å². The van der Waals surface area contributed by atoms with Crippen LogP contribution in [0.1, 0.15) is 30.4 Å². The maximum atomic E-state index is 12.6. The summed E-state index contributed by atoms with van der Waals surface area (Å²) in [7, 11) is 0. The van der Waals surface area contributed by atoms with Gasteiger partial charge in [-0.15, -0.1) is 12.4 Å². The van der Waals surface area contributed by atoms with Gasteiger partial charge in [0.15, 0.2) is 0 Å². The molecule has 0 bridgehead atoms. The van der Waals surface area contributed by atoms with Gasteiger partial charge in [0, 0.05) is 19.1 Å². The number of halogens is 4. The number of hydrogen-bond acceptors (Lipinski definition) is 2. The average Bonchev–Trinajstić information content (AvgIpc) is 3.17. The molecule has 1 heterocycles. The lowest BCUT2D eigenvalue weighted by molar-refractivity contribution is -0.138. The van der Waals surface area contributed by atoms with Crippen molar-refractivity contribution in [2.75, 3.05) is 13.1 Å². The highest BCUT2D eigenvalue weighted by atomic mass is 35.5. The van der Waals surface area contributed by atoms with Gasteiger partial charge in [-0.05, 0) is 43.5 Å². The minimum absolute atomic E-state index is 0. The van der Waals surface area contributed by atoms with Crippen LogP contribution in [0.5, 0.6) is 0 Å². The van der Waals surface area contributed by atoms with Gasteiger partial charge in [-0.2, -0.15) is 13.2 Å². The van der Waals surface area contributed by atoms with E-state index in [9.17, 15) is 18.0 Å². The van der Waals surface area contributed by atoms with Crippen LogP contribution in [-0.4, -0.2) is 29.9 Å². The lowest BCUT2D eigenvalue weighted by Gasteiger charge is -2.25. The summed E-state index contributed by atoms with van der Waals surface area (Å²) in [6.07, 6.45) is -1.49. The summed E-state index contributed by atoms with van der Waals surface area (Å²) in [6, 6.07) is 5.37. The summed E-state index contributed by atoms with van der Waals surface area (Å²) >= 11 is 0. The zero-order valence-corrected chi connectivity index (χ0v) is 13.4. The minimum Gasteiger partial charge on any atom is -0.335 e. The molecule has 1 unspecified atom stereocenters. The van der Waals surface area contributed by atoms with E-state index in [1.165, 1.54) is 12.1 Å². The van der Waals surface area contributed by atoms with E-state index in [1.54, 1.807) is 0 Å². The summed E-state index contributed by atoms with van der Waals surface area (Å²) in [5.74, 6) is 0.141. The van der Waals surface area contributed by atoms with Crippen molar-refractivity contribution in [2.24, 2.45) is 5.92 Å². The first-order valence-electron chi connectivity index (χ1n) is 7.62. The number of nitrogens with one attached hydrogen (secondary N) is 1. The highest BCUT2D eigenvalue weighted by Crippen LogP contribution is 2.32. The Morgan fingerprint density at radius 2 is 1.83 bits per heavy atom. The third-order valence-electron chi connectivity index (χ3n) is 4.31.